The molecule has 1 aromatic heterocycles. The Hall–Kier alpha value is -1.92. The number of imidazole rings is 1. The molecule has 0 radical (unpaired) electrons. The lowest BCUT2D eigenvalue weighted by Gasteiger charge is -2.31. The first-order chi connectivity index (χ1) is 11.1. The van der Waals surface area contributed by atoms with Crippen LogP contribution in [0.1, 0.15) is 19.4 Å². The van der Waals surface area contributed by atoms with E-state index in [9.17, 15) is 4.79 Å². The van der Waals surface area contributed by atoms with Crippen LogP contribution in [0.5, 0.6) is 0 Å². The first-order valence-electron chi connectivity index (χ1n) is 8.24. The predicted molar refractivity (Wildman–Crippen MR) is 90.6 cm³/mol. The van der Waals surface area contributed by atoms with Crippen LogP contribution in [0.25, 0.3) is 11.0 Å². The largest absolute Gasteiger partial charge is 0.366 e. The van der Waals surface area contributed by atoms with Crippen LogP contribution in [0.2, 0.25) is 0 Å². The minimum atomic E-state index is -0.435. The van der Waals surface area contributed by atoms with E-state index in [1.54, 1.807) is 0 Å². The van der Waals surface area contributed by atoms with E-state index in [1.807, 2.05) is 30.5 Å². The Bertz CT molecular complexity index is 710. The molecule has 3 rings (SSSR count). The average molecular weight is 316 g/mol. The van der Waals surface area contributed by atoms with Crippen LogP contribution >= 0.6 is 0 Å². The molecule has 1 aliphatic heterocycles. The highest BCUT2D eigenvalue weighted by atomic mass is 16.5. The number of amides is 1. The maximum absolute atomic E-state index is 12.5. The van der Waals surface area contributed by atoms with Gasteiger partial charge in [0.25, 0.3) is 5.91 Å². The van der Waals surface area contributed by atoms with Gasteiger partial charge in [-0.15, -0.1) is 0 Å². The number of anilines is 1. The van der Waals surface area contributed by atoms with Gasteiger partial charge in [0.1, 0.15) is 6.10 Å². The minimum absolute atomic E-state index is 0.120. The second kappa shape index (κ2) is 6.68. The van der Waals surface area contributed by atoms with Gasteiger partial charge in [0, 0.05) is 19.6 Å². The van der Waals surface area contributed by atoms with E-state index in [2.05, 4.69) is 28.2 Å². The Morgan fingerprint density at radius 3 is 2.96 bits per heavy atom. The molecule has 1 saturated heterocycles. The Morgan fingerprint density at radius 2 is 2.22 bits per heavy atom. The number of nitrogens with zero attached hydrogens (tertiary/aromatic N) is 3. The van der Waals surface area contributed by atoms with Crippen molar-refractivity contribution in [2.45, 2.75) is 33.4 Å². The maximum Gasteiger partial charge on any atom is 0.257 e. The number of aryl methyl sites for hydroxylation is 2. The molecule has 1 amide bonds. The fourth-order valence-electron chi connectivity index (χ4n) is 2.99. The molecule has 1 N–H and O–H groups in total. The van der Waals surface area contributed by atoms with Crippen molar-refractivity contribution in [1.82, 2.24) is 14.5 Å². The number of fused-ring (bicyclic) bond motifs is 1. The summed E-state index contributed by atoms with van der Waals surface area (Å²) in [6, 6.07) is 6.14. The fraction of sp³-hybridized carbons (Fsp3) is 0.529. The molecular formula is C17H24N4O2. The van der Waals surface area contributed by atoms with Crippen molar-refractivity contribution in [2.24, 2.45) is 0 Å². The van der Waals surface area contributed by atoms with Crippen LogP contribution in [-0.2, 0) is 16.1 Å². The average Bonchev–Trinajstić information content (AvgIpc) is 2.90. The Morgan fingerprint density at radius 1 is 1.39 bits per heavy atom. The highest BCUT2D eigenvalue weighted by Crippen LogP contribution is 2.21. The van der Waals surface area contributed by atoms with Gasteiger partial charge >= 0.3 is 0 Å². The lowest BCUT2D eigenvalue weighted by Crippen LogP contribution is -2.47. The van der Waals surface area contributed by atoms with Crippen molar-refractivity contribution in [3.8, 4) is 0 Å². The summed E-state index contributed by atoms with van der Waals surface area (Å²) in [5.41, 5.74) is 3.10. The first-order valence-corrected chi connectivity index (χ1v) is 8.24. The lowest BCUT2D eigenvalue weighted by molar-refractivity contribution is -0.133. The van der Waals surface area contributed by atoms with E-state index in [4.69, 9.17) is 4.74 Å². The molecule has 6 nitrogen and oxygen atoms in total. The van der Waals surface area contributed by atoms with Gasteiger partial charge in [-0.2, -0.15) is 0 Å². The molecule has 1 aliphatic rings. The summed E-state index contributed by atoms with van der Waals surface area (Å²) in [7, 11) is 0. The number of aromatic nitrogens is 2. The third kappa shape index (κ3) is 3.23. The molecule has 1 fully saturated rings. The zero-order valence-electron chi connectivity index (χ0n) is 14.0. The number of ether oxygens (including phenoxy) is 1. The van der Waals surface area contributed by atoms with Crippen molar-refractivity contribution < 1.29 is 9.53 Å². The third-order valence-electron chi connectivity index (χ3n) is 4.35. The molecule has 124 valence electrons. The van der Waals surface area contributed by atoms with Crippen molar-refractivity contribution >= 4 is 22.9 Å². The molecular weight excluding hydrogens is 292 g/mol. The Labute approximate surface area is 136 Å². The van der Waals surface area contributed by atoms with Crippen LogP contribution in [-0.4, -0.2) is 52.7 Å². The van der Waals surface area contributed by atoms with Gasteiger partial charge in [-0.3, -0.25) is 15.0 Å². The highest BCUT2D eigenvalue weighted by Gasteiger charge is 2.27. The second-order valence-corrected chi connectivity index (χ2v) is 5.91. The third-order valence-corrected chi connectivity index (χ3v) is 4.35. The molecule has 2 heterocycles. The molecule has 1 unspecified atom stereocenters. The summed E-state index contributed by atoms with van der Waals surface area (Å²) >= 11 is 0. The van der Waals surface area contributed by atoms with E-state index in [0.29, 0.717) is 19.1 Å². The molecule has 0 bridgehead atoms. The van der Waals surface area contributed by atoms with E-state index in [0.717, 1.165) is 36.2 Å². The minimum Gasteiger partial charge on any atom is -0.366 e. The van der Waals surface area contributed by atoms with Gasteiger partial charge in [0.2, 0.25) is 5.95 Å². The second-order valence-electron chi connectivity index (χ2n) is 5.91. The zero-order chi connectivity index (χ0) is 16.4. The van der Waals surface area contributed by atoms with Crippen LogP contribution in [0.4, 0.5) is 5.95 Å². The molecule has 2 aromatic rings. The number of hydrogen-bond donors (Lipinski definition) is 1. The molecule has 0 spiro atoms. The smallest absolute Gasteiger partial charge is 0.257 e. The van der Waals surface area contributed by atoms with Gasteiger partial charge in [0.05, 0.1) is 17.6 Å². The van der Waals surface area contributed by atoms with Crippen LogP contribution in [0.3, 0.4) is 0 Å². The number of nitrogens with one attached hydrogen (secondary N) is 1. The summed E-state index contributed by atoms with van der Waals surface area (Å²) in [5, 5.41) is 2.95. The van der Waals surface area contributed by atoms with Gasteiger partial charge < -0.3 is 9.30 Å². The number of morpholine rings is 1. The first kappa shape index (κ1) is 16.0. The summed E-state index contributed by atoms with van der Waals surface area (Å²) in [6.45, 7) is 9.97. The molecule has 0 aliphatic carbocycles. The summed E-state index contributed by atoms with van der Waals surface area (Å²) in [6.07, 6.45) is -0.435. The van der Waals surface area contributed by atoms with Crippen molar-refractivity contribution in [3.63, 3.8) is 0 Å². The van der Waals surface area contributed by atoms with Crippen LogP contribution < -0.4 is 5.32 Å². The van der Waals surface area contributed by atoms with Gasteiger partial charge in [-0.25, -0.2) is 4.98 Å². The molecule has 23 heavy (non-hydrogen) atoms. The molecule has 1 atom stereocenters. The van der Waals surface area contributed by atoms with E-state index in [-0.39, 0.29) is 5.91 Å². The number of carbonyl (C=O) groups is 1. The van der Waals surface area contributed by atoms with Gasteiger partial charge in [-0.1, -0.05) is 13.0 Å². The van der Waals surface area contributed by atoms with Gasteiger partial charge in [0.15, 0.2) is 0 Å². The van der Waals surface area contributed by atoms with Crippen LogP contribution in [0, 0.1) is 6.92 Å². The zero-order valence-corrected chi connectivity index (χ0v) is 14.0. The Balaban J connectivity index is 1.81. The Kier molecular flexibility index (Phi) is 4.63. The van der Waals surface area contributed by atoms with Crippen molar-refractivity contribution in [2.75, 3.05) is 31.6 Å². The quantitative estimate of drug-likeness (QED) is 0.937. The maximum atomic E-state index is 12.5. The van der Waals surface area contributed by atoms with E-state index < -0.39 is 6.10 Å². The number of benzene rings is 1. The monoisotopic (exact) mass is 316 g/mol. The molecule has 6 heteroatoms. The summed E-state index contributed by atoms with van der Waals surface area (Å²) in [5.74, 6) is 0.472. The molecule has 0 saturated carbocycles. The van der Waals surface area contributed by atoms with Gasteiger partial charge in [-0.05, 0) is 38.1 Å². The van der Waals surface area contributed by atoms with E-state index in [1.165, 1.54) is 0 Å². The number of carbonyl (C=O) groups excluding carboxylic acids is 1. The number of rotatable bonds is 4. The summed E-state index contributed by atoms with van der Waals surface area (Å²) < 4.78 is 7.64. The highest BCUT2D eigenvalue weighted by molar-refractivity contribution is 5.94. The van der Waals surface area contributed by atoms with E-state index >= 15 is 0 Å². The predicted octanol–water partition coefficient (Wildman–Crippen LogP) is 2.02. The normalized spacial score (nSPS) is 19.2. The summed E-state index contributed by atoms with van der Waals surface area (Å²) in [4.78, 5) is 19.3. The van der Waals surface area contributed by atoms with Crippen molar-refractivity contribution in [1.29, 1.82) is 0 Å². The van der Waals surface area contributed by atoms with Crippen LogP contribution in [0.15, 0.2) is 18.2 Å². The number of hydrogen-bond acceptors (Lipinski definition) is 4. The fourth-order valence-corrected chi connectivity index (χ4v) is 2.99. The SMILES string of the molecule is CCN1CCOC(C(=O)Nc2nc3cc(C)ccc3n2CC)C1. The topological polar surface area (TPSA) is 59.4 Å². The van der Waals surface area contributed by atoms with Crippen molar-refractivity contribution in [3.05, 3.63) is 23.8 Å². The molecule has 1 aromatic carbocycles. The lowest BCUT2D eigenvalue weighted by atomic mass is 10.2. The number of likely N-dealkylation sites (N-methyl/N-ethyl adjacent to an activating group) is 1. The standard InChI is InChI=1S/C17H24N4O2/c1-4-20-8-9-23-15(11-20)16(22)19-17-18-13-10-12(3)6-7-14(13)21(17)5-2/h6-7,10,15H,4-5,8-9,11H2,1-3H3,(H,18,19,22).